The Morgan fingerprint density at radius 2 is 1.47 bits per heavy atom. The van der Waals surface area contributed by atoms with E-state index in [-0.39, 0.29) is 19.4 Å². The van der Waals surface area contributed by atoms with Crippen LogP contribution in [0, 0.1) is 5.92 Å². The fraction of sp³-hybridized carbons (Fsp3) is 0.962. The lowest BCUT2D eigenvalue weighted by Crippen LogP contribution is -2.38. The molecule has 8 heteroatoms. The summed E-state index contributed by atoms with van der Waals surface area (Å²) in [6, 6.07) is 0. The van der Waals surface area contributed by atoms with E-state index in [0.29, 0.717) is 30.0 Å². The number of quaternary nitrogens is 1. The van der Waals surface area contributed by atoms with Crippen LogP contribution in [0.3, 0.4) is 0 Å². The lowest BCUT2D eigenvalue weighted by molar-refractivity contribution is -0.868. The molecular weight excluding hydrogens is 453 g/mol. The third-order valence-corrected chi connectivity index (χ3v) is 7.56. The Morgan fingerprint density at radius 1 is 0.882 bits per heavy atom. The van der Waals surface area contributed by atoms with Gasteiger partial charge in [0.15, 0.2) is 0 Å². The van der Waals surface area contributed by atoms with Gasteiger partial charge < -0.3 is 27.9 Å². The summed E-state index contributed by atoms with van der Waals surface area (Å²) in [6.07, 6.45) is 16.0. The summed E-state index contributed by atoms with van der Waals surface area (Å²) in [4.78, 5) is 22.9. The molecule has 0 heterocycles. The Hall–Kier alpha value is -0.460. The van der Waals surface area contributed by atoms with E-state index in [1.165, 1.54) is 70.6 Å². The second-order valence-corrected chi connectivity index (χ2v) is 12.5. The van der Waals surface area contributed by atoms with Crippen molar-refractivity contribution in [2.24, 2.45) is 5.92 Å². The molecule has 0 rings (SSSR count). The summed E-state index contributed by atoms with van der Waals surface area (Å²) in [6.45, 7) is 5.76. The van der Waals surface area contributed by atoms with Crippen molar-refractivity contribution in [3.05, 3.63) is 0 Å². The van der Waals surface area contributed by atoms with Gasteiger partial charge in [-0.15, -0.1) is 0 Å². The number of nitrogens with zero attached hydrogens (tertiary/aromatic N) is 1. The van der Waals surface area contributed by atoms with Crippen LogP contribution in [0.25, 0.3) is 0 Å². The highest BCUT2D eigenvalue weighted by molar-refractivity contribution is 7.51. The van der Waals surface area contributed by atoms with Gasteiger partial charge in [0.25, 0.3) is 6.47 Å². The predicted molar refractivity (Wildman–Crippen MR) is 138 cm³/mol. The molecule has 0 saturated heterocycles. The van der Waals surface area contributed by atoms with Crippen molar-refractivity contribution in [1.29, 1.82) is 0 Å². The van der Waals surface area contributed by atoms with E-state index in [0.717, 1.165) is 12.8 Å². The van der Waals surface area contributed by atoms with Crippen LogP contribution in [0.5, 0.6) is 0 Å². The van der Waals surface area contributed by atoms with Crippen LogP contribution >= 0.6 is 7.60 Å². The van der Waals surface area contributed by atoms with E-state index in [1.54, 1.807) is 0 Å². The molecule has 0 amide bonds. The van der Waals surface area contributed by atoms with Crippen LogP contribution in [0.2, 0.25) is 0 Å². The first-order valence-corrected chi connectivity index (χ1v) is 15.3. The number of unbranched alkanes of at least 4 members (excludes halogenated alkanes) is 9. The first kappa shape index (κ1) is 33.5. The zero-order valence-electron chi connectivity index (χ0n) is 22.8. The van der Waals surface area contributed by atoms with E-state index < -0.39 is 13.7 Å². The third-order valence-electron chi connectivity index (χ3n) is 6.27. The van der Waals surface area contributed by atoms with Crippen molar-refractivity contribution < 1.29 is 32.7 Å². The maximum Gasteiger partial charge on any atom is 0.293 e. The SMILES string of the molecule is CCCCCCCCCCCCC(CC)CCOCC(COP(=O)([O-])CC[N+](C)(C)C)OC=O. The van der Waals surface area contributed by atoms with E-state index in [9.17, 15) is 14.3 Å². The zero-order chi connectivity index (χ0) is 25.7. The predicted octanol–water partition coefficient (Wildman–Crippen LogP) is 5.55. The van der Waals surface area contributed by atoms with Crippen LogP contribution in [-0.2, 0) is 23.4 Å². The van der Waals surface area contributed by atoms with Crippen molar-refractivity contribution in [2.45, 2.75) is 103 Å². The molecule has 204 valence electrons. The summed E-state index contributed by atoms with van der Waals surface area (Å²) in [5.41, 5.74) is 0. The maximum atomic E-state index is 12.1. The quantitative estimate of drug-likeness (QED) is 0.0697. The number of hydrogen-bond acceptors (Lipinski definition) is 6. The Morgan fingerprint density at radius 3 is 2.00 bits per heavy atom. The Balaban J connectivity index is 3.96. The second-order valence-electron chi connectivity index (χ2n) is 10.6. The normalized spacial score (nSPS) is 15.6. The van der Waals surface area contributed by atoms with Crippen molar-refractivity contribution in [3.63, 3.8) is 0 Å². The number of carbonyl (C=O) groups excluding carboxylic acids is 1. The van der Waals surface area contributed by atoms with Crippen LogP contribution in [-0.4, -0.2) is 70.7 Å². The number of rotatable bonds is 25. The summed E-state index contributed by atoms with van der Waals surface area (Å²) < 4.78 is 28.4. The Labute approximate surface area is 210 Å². The summed E-state index contributed by atoms with van der Waals surface area (Å²) in [5.74, 6) is 0.633. The van der Waals surface area contributed by atoms with Crippen molar-refractivity contribution in [2.75, 3.05) is 53.7 Å². The van der Waals surface area contributed by atoms with Crippen molar-refractivity contribution in [1.82, 2.24) is 0 Å². The Kier molecular flexibility index (Phi) is 20.4. The minimum Gasteiger partial charge on any atom is -0.778 e. The number of hydrogen-bond donors (Lipinski definition) is 0. The first-order chi connectivity index (χ1) is 16.1. The summed E-state index contributed by atoms with van der Waals surface area (Å²) >= 11 is 0. The van der Waals surface area contributed by atoms with Gasteiger partial charge in [-0.05, 0) is 12.3 Å². The Bertz CT molecular complexity index is 526. The summed E-state index contributed by atoms with van der Waals surface area (Å²) in [7, 11) is 1.80. The van der Waals surface area contributed by atoms with Gasteiger partial charge in [-0.3, -0.25) is 4.79 Å². The standard InChI is InChI=1S/C26H54NO6P/c1-6-8-9-10-11-12-13-14-15-16-17-25(7-2)18-20-31-22-26(32-24-28)23-33-34(29,30)21-19-27(3,4)5/h24-26H,6-23H2,1-5H3. The molecule has 0 radical (unpaired) electrons. The molecule has 0 aromatic heterocycles. The van der Waals surface area contributed by atoms with Gasteiger partial charge in [-0.25, -0.2) is 0 Å². The highest BCUT2D eigenvalue weighted by Crippen LogP contribution is 2.37. The van der Waals surface area contributed by atoms with Gasteiger partial charge in [0.05, 0.1) is 47.1 Å². The fourth-order valence-electron chi connectivity index (χ4n) is 3.83. The van der Waals surface area contributed by atoms with Gasteiger partial charge >= 0.3 is 0 Å². The highest BCUT2D eigenvalue weighted by Gasteiger charge is 2.19. The lowest BCUT2D eigenvalue weighted by Gasteiger charge is -2.30. The average molecular weight is 508 g/mol. The highest BCUT2D eigenvalue weighted by atomic mass is 31.2. The fourth-order valence-corrected chi connectivity index (χ4v) is 5.19. The van der Waals surface area contributed by atoms with E-state index >= 15 is 0 Å². The van der Waals surface area contributed by atoms with Gasteiger partial charge in [0.1, 0.15) is 13.7 Å². The van der Waals surface area contributed by atoms with Gasteiger partial charge in [-0.2, -0.15) is 0 Å². The molecule has 3 atom stereocenters. The molecule has 0 aromatic carbocycles. The van der Waals surface area contributed by atoms with Gasteiger partial charge in [0.2, 0.25) is 0 Å². The summed E-state index contributed by atoms with van der Waals surface area (Å²) in [5, 5.41) is 0. The van der Waals surface area contributed by atoms with Crippen LogP contribution < -0.4 is 4.89 Å². The van der Waals surface area contributed by atoms with Crippen LogP contribution in [0.15, 0.2) is 0 Å². The average Bonchev–Trinajstić information content (AvgIpc) is 2.78. The van der Waals surface area contributed by atoms with Crippen LogP contribution in [0.4, 0.5) is 0 Å². The molecule has 0 fully saturated rings. The van der Waals surface area contributed by atoms with Gasteiger partial charge in [0, 0.05) is 6.61 Å². The molecule has 3 unspecified atom stereocenters. The molecule has 0 aliphatic rings. The monoisotopic (exact) mass is 507 g/mol. The minimum absolute atomic E-state index is 0.0533. The van der Waals surface area contributed by atoms with E-state index in [2.05, 4.69) is 13.8 Å². The molecule has 0 aliphatic heterocycles. The third kappa shape index (κ3) is 22.0. The van der Waals surface area contributed by atoms with Crippen molar-refractivity contribution >= 4 is 14.1 Å². The molecule has 0 bridgehead atoms. The lowest BCUT2D eigenvalue weighted by atomic mass is 9.95. The molecule has 0 aliphatic carbocycles. The van der Waals surface area contributed by atoms with E-state index in [1.807, 2.05) is 21.1 Å². The molecule has 0 aromatic rings. The molecule has 0 saturated carbocycles. The second kappa shape index (κ2) is 20.7. The largest absolute Gasteiger partial charge is 0.778 e. The molecule has 0 spiro atoms. The number of ether oxygens (including phenoxy) is 2. The van der Waals surface area contributed by atoms with E-state index in [4.69, 9.17) is 14.0 Å². The molecule has 7 nitrogen and oxygen atoms in total. The van der Waals surface area contributed by atoms with Gasteiger partial charge in [-0.1, -0.05) is 90.9 Å². The molecular formula is C26H54NO6P. The molecule has 34 heavy (non-hydrogen) atoms. The molecule has 0 N–H and O–H groups in total. The van der Waals surface area contributed by atoms with Crippen molar-refractivity contribution in [3.8, 4) is 0 Å². The smallest absolute Gasteiger partial charge is 0.293 e. The first-order valence-electron chi connectivity index (χ1n) is 13.6. The topological polar surface area (TPSA) is 84.9 Å². The zero-order valence-corrected chi connectivity index (χ0v) is 23.7. The van der Waals surface area contributed by atoms with Crippen LogP contribution in [0.1, 0.15) is 97.3 Å². The maximum absolute atomic E-state index is 12.1. The minimum atomic E-state index is -3.97. The number of carbonyl (C=O) groups is 1.